The highest BCUT2D eigenvalue weighted by Crippen LogP contribution is 2.24. The molecule has 22 heavy (non-hydrogen) atoms. The lowest BCUT2D eigenvalue weighted by Crippen LogP contribution is -2.28. The number of carbonyl (C=O) groups is 1. The van der Waals surface area contributed by atoms with Crippen LogP contribution in [-0.2, 0) is 16.8 Å². The van der Waals surface area contributed by atoms with Crippen molar-refractivity contribution in [2.24, 2.45) is 0 Å². The average molecular weight is 299 g/mol. The number of aliphatic hydroxyl groups excluding tert-OH is 1. The second-order valence-corrected chi connectivity index (χ2v) is 5.54. The molecule has 116 valence electrons. The first-order valence-electron chi connectivity index (χ1n) is 7.29. The van der Waals surface area contributed by atoms with E-state index in [0.717, 1.165) is 5.56 Å². The predicted octanol–water partition coefficient (Wildman–Crippen LogP) is 2.46. The molecule has 1 atom stereocenters. The zero-order chi connectivity index (χ0) is 16.0. The highest BCUT2D eigenvalue weighted by atomic mass is 16.3. The largest absolute Gasteiger partial charge is 0.396 e. The zero-order valence-electron chi connectivity index (χ0n) is 12.6. The average Bonchev–Trinajstić information content (AvgIpc) is 2.50. The fourth-order valence-corrected chi connectivity index (χ4v) is 2.30. The lowest BCUT2D eigenvalue weighted by Gasteiger charge is -2.23. The number of rotatable bonds is 6. The van der Waals surface area contributed by atoms with Crippen LogP contribution >= 0.6 is 0 Å². The van der Waals surface area contributed by atoms with Gasteiger partial charge in [-0.05, 0) is 36.6 Å². The van der Waals surface area contributed by atoms with E-state index in [-0.39, 0.29) is 18.9 Å². The molecule has 0 aliphatic carbocycles. The van der Waals surface area contributed by atoms with Gasteiger partial charge >= 0.3 is 0 Å². The zero-order valence-corrected chi connectivity index (χ0v) is 12.6. The molecule has 0 saturated carbocycles. The van der Waals surface area contributed by atoms with Gasteiger partial charge in [0, 0.05) is 12.3 Å². The van der Waals surface area contributed by atoms with E-state index < -0.39 is 5.60 Å². The summed E-state index contributed by atoms with van der Waals surface area (Å²) in [6.45, 7) is 1.73. The first-order valence-corrected chi connectivity index (χ1v) is 7.29. The van der Waals surface area contributed by atoms with Crippen LogP contribution in [0.4, 0.5) is 5.69 Å². The molecule has 4 heteroatoms. The van der Waals surface area contributed by atoms with Gasteiger partial charge in [-0.3, -0.25) is 4.79 Å². The molecule has 0 heterocycles. The number of benzene rings is 2. The Balaban J connectivity index is 1.97. The Labute approximate surface area is 130 Å². The molecule has 0 aromatic heterocycles. The van der Waals surface area contributed by atoms with E-state index in [1.165, 1.54) is 0 Å². The lowest BCUT2D eigenvalue weighted by atomic mass is 9.92. The maximum atomic E-state index is 12.1. The Bertz CT molecular complexity index is 606. The van der Waals surface area contributed by atoms with E-state index in [9.17, 15) is 9.90 Å². The van der Waals surface area contributed by atoms with Gasteiger partial charge in [0.15, 0.2) is 0 Å². The van der Waals surface area contributed by atoms with Crippen LogP contribution in [0.5, 0.6) is 0 Å². The number of anilines is 1. The summed E-state index contributed by atoms with van der Waals surface area (Å²) < 4.78 is 0. The normalized spacial score (nSPS) is 13.4. The van der Waals surface area contributed by atoms with Crippen molar-refractivity contribution in [3.8, 4) is 0 Å². The maximum Gasteiger partial charge on any atom is 0.227 e. The summed E-state index contributed by atoms with van der Waals surface area (Å²) in [6.07, 6.45) is 0.576. The summed E-state index contributed by atoms with van der Waals surface area (Å²) in [6, 6.07) is 16.5. The molecule has 0 aliphatic rings. The second kappa shape index (κ2) is 7.20. The SMILES string of the molecule is CC(O)(CC(=O)Nc1ccc(CCO)cc1)c1ccccc1. The Morgan fingerprint density at radius 3 is 2.32 bits per heavy atom. The Hall–Kier alpha value is -2.17. The monoisotopic (exact) mass is 299 g/mol. The van der Waals surface area contributed by atoms with Crippen molar-refractivity contribution in [1.29, 1.82) is 0 Å². The molecule has 1 amide bonds. The molecule has 0 aliphatic heterocycles. The molecule has 0 radical (unpaired) electrons. The standard InChI is InChI=1S/C18H21NO3/c1-18(22,15-5-3-2-4-6-15)13-17(21)19-16-9-7-14(8-10-16)11-12-20/h2-10,20,22H,11-13H2,1H3,(H,19,21). The summed E-state index contributed by atoms with van der Waals surface area (Å²) in [5.41, 5.74) is 1.19. The van der Waals surface area contributed by atoms with Gasteiger partial charge in [0.2, 0.25) is 5.91 Å². The van der Waals surface area contributed by atoms with E-state index in [0.29, 0.717) is 17.7 Å². The third kappa shape index (κ3) is 4.41. The third-order valence-corrected chi connectivity index (χ3v) is 3.54. The number of carbonyl (C=O) groups excluding carboxylic acids is 1. The summed E-state index contributed by atoms with van der Waals surface area (Å²) in [5, 5.41) is 22.1. The van der Waals surface area contributed by atoms with Crippen molar-refractivity contribution in [3.05, 3.63) is 65.7 Å². The second-order valence-electron chi connectivity index (χ2n) is 5.54. The van der Waals surface area contributed by atoms with Crippen LogP contribution in [0.25, 0.3) is 0 Å². The Kier molecular flexibility index (Phi) is 5.31. The quantitative estimate of drug-likeness (QED) is 0.767. The van der Waals surface area contributed by atoms with Crippen molar-refractivity contribution in [2.45, 2.75) is 25.4 Å². The molecular weight excluding hydrogens is 278 g/mol. The predicted molar refractivity (Wildman–Crippen MR) is 86.5 cm³/mol. The molecule has 3 N–H and O–H groups in total. The number of amides is 1. The minimum atomic E-state index is -1.21. The fourth-order valence-electron chi connectivity index (χ4n) is 2.30. The van der Waals surface area contributed by atoms with Crippen LogP contribution in [0.1, 0.15) is 24.5 Å². The van der Waals surface area contributed by atoms with E-state index in [2.05, 4.69) is 5.32 Å². The molecule has 2 rings (SSSR count). The topological polar surface area (TPSA) is 69.6 Å². The Morgan fingerprint density at radius 2 is 1.73 bits per heavy atom. The van der Waals surface area contributed by atoms with Crippen molar-refractivity contribution in [3.63, 3.8) is 0 Å². The third-order valence-electron chi connectivity index (χ3n) is 3.54. The van der Waals surface area contributed by atoms with Crippen molar-refractivity contribution in [1.82, 2.24) is 0 Å². The van der Waals surface area contributed by atoms with Gasteiger partial charge in [0.25, 0.3) is 0 Å². The van der Waals surface area contributed by atoms with Crippen molar-refractivity contribution in [2.75, 3.05) is 11.9 Å². The molecule has 0 spiro atoms. The molecular formula is C18H21NO3. The number of nitrogens with one attached hydrogen (secondary N) is 1. The summed E-state index contributed by atoms with van der Waals surface area (Å²) in [7, 11) is 0. The molecule has 2 aromatic rings. The van der Waals surface area contributed by atoms with Crippen molar-refractivity contribution >= 4 is 11.6 Å². The van der Waals surface area contributed by atoms with Crippen LogP contribution < -0.4 is 5.32 Å². The van der Waals surface area contributed by atoms with E-state index in [4.69, 9.17) is 5.11 Å². The van der Waals surface area contributed by atoms with Crippen LogP contribution in [0.2, 0.25) is 0 Å². The maximum absolute atomic E-state index is 12.1. The molecule has 0 fully saturated rings. The van der Waals surface area contributed by atoms with Gasteiger partial charge in [-0.1, -0.05) is 42.5 Å². The smallest absolute Gasteiger partial charge is 0.227 e. The highest BCUT2D eigenvalue weighted by molar-refractivity contribution is 5.91. The summed E-state index contributed by atoms with van der Waals surface area (Å²) >= 11 is 0. The molecule has 2 aromatic carbocycles. The minimum Gasteiger partial charge on any atom is -0.396 e. The summed E-state index contributed by atoms with van der Waals surface area (Å²) in [4.78, 5) is 12.1. The minimum absolute atomic E-state index is 0.0184. The van der Waals surface area contributed by atoms with Gasteiger partial charge in [-0.25, -0.2) is 0 Å². The van der Waals surface area contributed by atoms with Crippen LogP contribution in [0.15, 0.2) is 54.6 Å². The van der Waals surface area contributed by atoms with Gasteiger partial charge in [0.1, 0.15) is 0 Å². The van der Waals surface area contributed by atoms with E-state index in [1.807, 2.05) is 30.3 Å². The lowest BCUT2D eigenvalue weighted by molar-refractivity contribution is -0.120. The Morgan fingerprint density at radius 1 is 1.09 bits per heavy atom. The van der Waals surface area contributed by atoms with E-state index >= 15 is 0 Å². The van der Waals surface area contributed by atoms with Gasteiger partial charge in [0.05, 0.1) is 12.0 Å². The number of hydrogen-bond acceptors (Lipinski definition) is 3. The first-order chi connectivity index (χ1) is 10.5. The van der Waals surface area contributed by atoms with E-state index in [1.54, 1.807) is 31.2 Å². The van der Waals surface area contributed by atoms with Crippen LogP contribution in [0.3, 0.4) is 0 Å². The van der Waals surface area contributed by atoms with Gasteiger partial charge in [-0.15, -0.1) is 0 Å². The van der Waals surface area contributed by atoms with Crippen molar-refractivity contribution < 1.29 is 15.0 Å². The molecule has 4 nitrogen and oxygen atoms in total. The number of aliphatic hydroxyl groups is 2. The van der Waals surface area contributed by atoms with Crippen LogP contribution in [0, 0.1) is 0 Å². The number of hydrogen-bond donors (Lipinski definition) is 3. The highest BCUT2D eigenvalue weighted by Gasteiger charge is 2.26. The van der Waals surface area contributed by atoms with Gasteiger partial charge < -0.3 is 15.5 Å². The summed E-state index contributed by atoms with van der Waals surface area (Å²) in [5.74, 6) is -0.247. The molecule has 0 bridgehead atoms. The first kappa shape index (κ1) is 16.2. The fraction of sp³-hybridized carbons (Fsp3) is 0.278. The molecule has 0 saturated heterocycles. The molecule has 1 unspecified atom stereocenters. The van der Waals surface area contributed by atoms with Gasteiger partial charge in [-0.2, -0.15) is 0 Å². The van der Waals surface area contributed by atoms with Crippen LogP contribution in [-0.4, -0.2) is 22.7 Å².